The normalized spacial score (nSPS) is 9.81. The summed E-state index contributed by atoms with van der Waals surface area (Å²) in [6, 6.07) is 11.6. The molecule has 0 aliphatic heterocycles. The van der Waals surface area contributed by atoms with Gasteiger partial charge < -0.3 is 10.6 Å². The molecular formula is C15H11Cl2N3O. The Morgan fingerprint density at radius 1 is 1.10 bits per heavy atom. The van der Waals surface area contributed by atoms with Crippen LogP contribution in [0.1, 0.15) is 15.9 Å². The van der Waals surface area contributed by atoms with Crippen molar-refractivity contribution in [1.82, 2.24) is 0 Å². The van der Waals surface area contributed by atoms with Crippen LogP contribution in [0.15, 0.2) is 36.4 Å². The number of carbonyl (C=O) groups is 1. The molecular weight excluding hydrogens is 309 g/mol. The van der Waals surface area contributed by atoms with Crippen LogP contribution >= 0.6 is 23.2 Å². The summed E-state index contributed by atoms with van der Waals surface area (Å²) in [5.74, 6) is -0.374. The lowest BCUT2D eigenvalue weighted by Crippen LogP contribution is -2.15. The molecule has 0 bridgehead atoms. The number of hydrogen-bond donors (Lipinski definition) is 2. The van der Waals surface area contributed by atoms with Crippen molar-refractivity contribution >= 4 is 40.5 Å². The fourth-order valence-electron chi connectivity index (χ4n) is 1.83. The quantitative estimate of drug-likeness (QED) is 0.892. The number of amides is 1. The average Bonchev–Trinajstić information content (AvgIpc) is 2.47. The third kappa shape index (κ3) is 3.46. The van der Waals surface area contributed by atoms with Gasteiger partial charge in [-0.25, -0.2) is 0 Å². The molecule has 0 aromatic heterocycles. The second-order valence-corrected chi connectivity index (χ2v) is 5.07. The third-order valence-corrected chi connectivity index (χ3v) is 3.32. The largest absolute Gasteiger partial charge is 0.387 e. The molecule has 2 rings (SSSR count). The third-order valence-electron chi connectivity index (χ3n) is 2.85. The molecule has 0 heterocycles. The molecule has 0 atom stereocenters. The van der Waals surface area contributed by atoms with Gasteiger partial charge in [-0.2, -0.15) is 5.26 Å². The van der Waals surface area contributed by atoms with E-state index in [1.807, 2.05) is 6.07 Å². The standard InChI is InChI=1S/C15H11Cl2N3O/c1-19-13-5-4-10(16)6-12(13)15(21)20-14-7-11(17)3-2-9(14)8-18/h2-7,19H,1H3,(H,20,21). The van der Waals surface area contributed by atoms with Crippen LogP contribution in [0.5, 0.6) is 0 Å². The van der Waals surface area contributed by atoms with E-state index in [1.165, 1.54) is 6.07 Å². The number of anilines is 2. The number of nitrogens with zero attached hydrogens (tertiary/aromatic N) is 1. The number of halogens is 2. The van der Waals surface area contributed by atoms with Gasteiger partial charge in [-0.15, -0.1) is 0 Å². The van der Waals surface area contributed by atoms with Gasteiger partial charge in [-0.05, 0) is 36.4 Å². The van der Waals surface area contributed by atoms with Gasteiger partial charge in [0.05, 0.1) is 16.8 Å². The lowest BCUT2D eigenvalue weighted by Gasteiger charge is -2.11. The summed E-state index contributed by atoms with van der Waals surface area (Å²) >= 11 is 11.8. The summed E-state index contributed by atoms with van der Waals surface area (Å²) in [4.78, 5) is 12.4. The van der Waals surface area contributed by atoms with Gasteiger partial charge in [-0.3, -0.25) is 4.79 Å². The summed E-state index contributed by atoms with van der Waals surface area (Å²) < 4.78 is 0. The summed E-state index contributed by atoms with van der Waals surface area (Å²) in [5, 5.41) is 15.5. The highest BCUT2D eigenvalue weighted by Crippen LogP contribution is 2.24. The predicted molar refractivity (Wildman–Crippen MR) is 85.1 cm³/mol. The fourth-order valence-corrected chi connectivity index (χ4v) is 2.17. The SMILES string of the molecule is CNc1ccc(Cl)cc1C(=O)Nc1cc(Cl)ccc1C#N. The van der Waals surface area contributed by atoms with Crippen molar-refractivity contribution in [3.63, 3.8) is 0 Å². The minimum atomic E-state index is -0.374. The van der Waals surface area contributed by atoms with Crippen molar-refractivity contribution in [2.45, 2.75) is 0 Å². The predicted octanol–water partition coefficient (Wildman–Crippen LogP) is 4.16. The van der Waals surface area contributed by atoms with Gasteiger partial charge in [0.1, 0.15) is 6.07 Å². The van der Waals surface area contributed by atoms with E-state index in [-0.39, 0.29) is 5.91 Å². The van der Waals surface area contributed by atoms with Crippen LogP contribution in [-0.4, -0.2) is 13.0 Å². The molecule has 0 radical (unpaired) electrons. The Morgan fingerprint density at radius 3 is 2.43 bits per heavy atom. The van der Waals surface area contributed by atoms with E-state index in [0.717, 1.165) is 0 Å². The van der Waals surface area contributed by atoms with Crippen LogP contribution in [0.25, 0.3) is 0 Å². The van der Waals surface area contributed by atoms with E-state index < -0.39 is 0 Å². The lowest BCUT2D eigenvalue weighted by atomic mass is 10.1. The Labute approximate surface area is 132 Å². The second kappa shape index (κ2) is 6.49. The molecule has 2 aromatic carbocycles. The Hall–Kier alpha value is -2.22. The molecule has 2 aromatic rings. The lowest BCUT2D eigenvalue weighted by molar-refractivity contribution is 0.102. The molecule has 4 nitrogen and oxygen atoms in total. The van der Waals surface area contributed by atoms with Gasteiger partial charge >= 0.3 is 0 Å². The number of hydrogen-bond acceptors (Lipinski definition) is 3. The number of carbonyl (C=O) groups excluding carboxylic acids is 1. The van der Waals surface area contributed by atoms with Gasteiger partial charge in [0.15, 0.2) is 0 Å². The smallest absolute Gasteiger partial charge is 0.257 e. The van der Waals surface area contributed by atoms with Crippen molar-refractivity contribution < 1.29 is 4.79 Å². The number of nitrogens with one attached hydrogen (secondary N) is 2. The molecule has 0 unspecified atom stereocenters. The molecule has 0 saturated carbocycles. The van der Waals surface area contributed by atoms with Crippen LogP contribution in [0, 0.1) is 11.3 Å². The Kier molecular flexibility index (Phi) is 4.69. The van der Waals surface area contributed by atoms with Crippen molar-refractivity contribution in [1.29, 1.82) is 5.26 Å². The highest BCUT2D eigenvalue weighted by molar-refractivity contribution is 6.31. The molecule has 0 aliphatic carbocycles. The van der Waals surface area contributed by atoms with Gasteiger partial charge in [0.25, 0.3) is 5.91 Å². The first-order valence-electron chi connectivity index (χ1n) is 6.03. The molecule has 2 N–H and O–H groups in total. The molecule has 6 heteroatoms. The first-order chi connectivity index (χ1) is 10.0. The summed E-state index contributed by atoms with van der Waals surface area (Å²) in [6.07, 6.45) is 0. The maximum absolute atomic E-state index is 12.4. The Morgan fingerprint density at radius 2 is 1.76 bits per heavy atom. The molecule has 1 amide bonds. The second-order valence-electron chi connectivity index (χ2n) is 4.20. The van der Waals surface area contributed by atoms with E-state index in [4.69, 9.17) is 28.5 Å². The van der Waals surface area contributed by atoms with Crippen LogP contribution in [-0.2, 0) is 0 Å². The van der Waals surface area contributed by atoms with Gasteiger partial charge in [0, 0.05) is 22.8 Å². The zero-order chi connectivity index (χ0) is 15.4. The van der Waals surface area contributed by atoms with Crippen molar-refractivity contribution in [2.75, 3.05) is 17.7 Å². The van der Waals surface area contributed by atoms with Crippen LogP contribution in [0.2, 0.25) is 10.0 Å². The maximum atomic E-state index is 12.4. The van der Waals surface area contributed by atoms with Crippen LogP contribution in [0.3, 0.4) is 0 Å². The molecule has 21 heavy (non-hydrogen) atoms. The Bertz CT molecular complexity index is 738. The van der Waals surface area contributed by atoms with Gasteiger partial charge in [-0.1, -0.05) is 23.2 Å². The van der Waals surface area contributed by atoms with E-state index in [1.54, 1.807) is 37.4 Å². The van der Waals surface area contributed by atoms with Crippen LogP contribution in [0.4, 0.5) is 11.4 Å². The molecule has 0 aliphatic rings. The number of benzene rings is 2. The zero-order valence-electron chi connectivity index (χ0n) is 11.1. The molecule has 106 valence electrons. The van der Waals surface area contributed by atoms with E-state index >= 15 is 0 Å². The minimum absolute atomic E-state index is 0.334. The average molecular weight is 320 g/mol. The van der Waals surface area contributed by atoms with E-state index in [0.29, 0.717) is 32.5 Å². The summed E-state index contributed by atoms with van der Waals surface area (Å²) in [5.41, 5.74) is 1.71. The zero-order valence-corrected chi connectivity index (χ0v) is 12.6. The van der Waals surface area contributed by atoms with Crippen molar-refractivity contribution in [2.24, 2.45) is 0 Å². The fraction of sp³-hybridized carbons (Fsp3) is 0.0667. The molecule has 0 fully saturated rings. The first-order valence-corrected chi connectivity index (χ1v) is 6.79. The van der Waals surface area contributed by atoms with E-state index in [9.17, 15) is 4.79 Å². The summed E-state index contributed by atoms with van der Waals surface area (Å²) in [6.45, 7) is 0. The first kappa shape index (κ1) is 15.2. The van der Waals surface area contributed by atoms with Crippen molar-refractivity contribution in [3.05, 3.63) is 57.6 Å². The molecule has 0 spiro atoms. The van der Waals surface area contributed by atoms with Crippen LogP contribution < -0.4 is 10.6 Å². The van der Waals surface area contributed by atoms with Gasteiger partial charge in [0.2, 0.25) is 0 Å². The van der Waals surface area contributed by atoms with E-state index in [2.05, 4.69) is 10.6 Å². The highest BCUT2D eigenvalue weighted by atomic mass is 35.5. The Balaban J connectivity index is 2.37. The maximum Gasteiger partial charge on any atom is 0.257 e. The number of nitriles is 1. The topological polar surface area (TPSA) is 64.9 Å². The monoisotopic (exact) mass is 319 g/mol. The minimum Gasteiger partial charge on any atom is -0.387 e. The molecule has 0 saturated heterocycles. The number of rotatable bonds is 3. The van der Waals surface area contributed by atoms with Crippen molar-refractivity contribution in [3.8, 4) is 6.07 Å². The highest BCUT2D eigenvalue weighted by Gasteiger charge is 2.14. The summed E-state index contributed by atoms with van der Waals surface area (Å²) in [7, 11) is 1.71.